The van der Waals surface area contributed by atoms with Gasteiger partial charge in [0.25, 0.3) is 5.91 Å². The van der Waals surface area contributed by atoms with Crippen LogP contribution in [0.3, 0.4) is 0 Å². The van der Waals surface area contributed by atoms with Crippen molar-refractivity contribution in [3.8, 4) is 5.75 Å². The van der Waals surface area contributed by atoms with Crippen LogP contribution in [0, 0.1) is 0 Å². The molecule has 3 heterocycles. The highest BCUT2D eigenvalue weighted by molar-refractivity contribution is 7.89. The van der Waals surface area contributed by atoms with E-state index in [9.17, 15) is 18.3 Å². The van der Waals surface area contributed by atoms with Gasteiger partial charge in [0, 0.05) is 33.2 Å². The number of aromatic hydroxyl groups is 1. The van der Waals surface area contributed by atoms with Crippen molar-refractivity contribution in [3.63, 3.8) is 0 Å². The Bertz CT molecular complexity index is 1060. The van der Waals surface area contributed by atoms with E-state index in [1.807, 2.05) is 14.0 Å². The molecule has 168 valence electrons. The standard InChI is InChI=1S/C20H28N6O4S/c1-4-5-15-17-18(25(3)23-15)20(28)22-19(21-17)14-12-13(6-7-16(14)27)31(29,30)26-10-8-24(2)9-11-26/h6-7,12,18,23,27H,4-5,8-11H2,1-3H3,(H,21,22,28). The highest BCUT2D eigenvalue weighted by Gasteiger charge is 2.40. The molecule has 0 aliphatic carbocycles. The smallest absolute Gasteiger partial charge is 0.251 e. The first kappa shape index (κ1) is 21.8. The van der Waals surface area contributed by atoms with E-state index in [4.69, 9.17) is 0 Å². The van der Waals surface area contributed by atoms with Crippen molar-refractivity contribution >= 4 is 21.8 Å². The van der Waals surface area contributed by atoms with Gasteiger partial charge in [-0.05, 0) is 31.7 Å². The molecule has 0 radical (unpaired) electrons. The number of likely N-dealkylation sites (N-methyl/N-ethyl adjacent to an activating group) is 2. The summed E-state index contributed by atoms with van der Waals surface area (Å²) in [7, 11) is -0.000426. The maximum atomic E-state index is 13.1. The minimum Gasteiger partial charge on any atom is -0.507 e. The van der Waals surface area contributed by atoms with Gasteiger partial charge in [-0.1, -0.05) is 13.3 Å². The van der Waals surface area contributed by atoms with E-state index in [0.29, 0.717) is 31.9 Å². The molecule has 3 aliphatic heterocycles. The lowest BCUT2D eigenvalue weighted by molar-refractivity contribution is -0.123. The van der Waals surface area contributed by atoms with Gasteiger partial charge in [0.15, 0.2) is 6.04 Å². The summed E-state index contributed by atoms with van der Waals surface area (Å²) in [6.45, 7) is 4.15. The summed E-state index contributed by atoms with van der Waals surface area (Å²) in [5, 5.41) is 14.9. The number of hydrogen-bond acceptors (Lipinski definition) is 8. The zero-order chi connectivity index (χ0) is 22.3. The number of nitrogens with zero attached hydrogens (tertiary/aromatic N) is 4. The van der Waals surface area contributed by atoms with Crippen LogP contribution < -0.4 is 10.7 Å². The second kappa shape index (κ2) is 8.23. The summed E-state index contributed by atoms with van der Waals surface area (Å²) >= 11 is 0. The van der Waals surface area contributed by atoms with Crippen molar-refractivity contribution in [2.75, 3.05) is 40.3 Å². The van der Waals surface area contributed by atoms with E-state index < -0.39 is 16.1 Å². The van der Waals surface area contributed by atoms with Crippen molar-refractivity contribution < 1.29 is 18.3 Å². The zero-order valence-electron chi connectivity index (χ0n) is 17.9. The number of nitrogens with one attached hydrogen (secondary N) is 2. The van der Waals surface area contributed by atoms with Gasteiger partial charge in [0.05, 0.1) is 21.9 Å². The monoisotopic (exact) mass is 448 g/mol. The lowest BCUT2D eigenvalue weighted by atomic mass is 10.1. The highest BCUT2D eigenvalue weighted by atomic mass is 32.2. The molecular weight excluding hydrogens is 420 g/mol. The molecule has 1 fully saturated rings. The average molecular weight is 449 g/mol. The maximum Gasteiger partial charge on any atom is 0.251 e. The lowest BCUT2D eigenvalue weighted by Gasteiger charge is -2.31. The first-order valence-electron chi connectivity index (χ1n) is 10.4. The Morgan fingerprint density at radius 3 is 2.58 bits per heavy atom. The molecule has 1 aromatic carbocycles. The third kappa shape index (κ3) is 3.93. The fourth-order valence-corrected chi connectivity index (χ4v) is 5.50. The molecular formula is C20H28N6O4S. The average Bonchev–Trinajstić information content (AvgIpc) is 3.04. The predicted molar refractivity (Wildman–Crippen MR) is 116 cm³/mol. The fraction of sp³-hybridized carbons (Fsp3) is 0.500. The van der Waals surface area contributed by atoms with Crippen molar-refractivity contribution in [2.24, 2.45) is 4.99 Å². The van der Waals surface area contributed by atoms with Gasteiger partial charge in [-0.15, -0.1) is 0 Å². The first-order valence-corrected chi connectivity index (χ1v) is 11.8. The Hall–Kier alpha value is -2.47. The molecule has 1 saturated heterocycles. The third-order valence-electron chi connectivity index (χ3n) is 5.81. The first-order chi connectivity index (χ1) is 14.7. The summed E-state index contributed by atoms with van der Waals surface area (Å²) in [5.41, 5.74) is 4.79. The van der Waals surface area contributed by atoms with Crippen LogP contribution in [0.15, 0.2) is 39.5 Å². The zero-order valence-corrected chi connectivity index (χ0v) is 18.7. The maximum absolute atomic E-state index is 13.1. The summed E-state index contributed by atoms with van der Waals surface area (Å²) in [6, 6.07) is 3.53. The van der Waals surface area contributed by atoms with Gasteiger partial charge in [-0.2, -0.15) is 4.31 Å². The number of carbonyl (C=O) groups excluding carboxylic acids is 1. The van der Waals surface area contributed by atoms with Gasteiger partial charge in [-0.3, -0.25) is 4.79 Å². The number of fused-ring (bicyclic) bond motifs is 1. The minimum atomic E-state index is -3.73. The van der Waals surface area contributed by atoms with E-state index in [1.165, 1.54) is 22.5 Å². The molecule has 0 saturated carbocycles. The number of hydrazine groups is 1. The second-order valence-corrected chi connectivity index (χ2v) is 10.0. The van der Waals surface area contributed by atoms with Gasteiger partial charge < -0.3 is 20.7 Å². The molecule has 4 rings (SSSR count). The minimum absolute atomic E-state index is 0.0633. The Morgan fingerprint density at radius 2 is 1.90 bits per heavy atom. The van der Waals surface area contributed by atoms with Crippen LogP contribution in [0.1, 0.15) is 25.3 Å². The largest absolute Gasteiger partial charge is 0.507 e. The van der Waals surface area contributed by atoms with Crippen LogP contribution in [-0.2, 0) is 14.8 Å². The fourth-order valence-electron chi connectivity index (χ4n) is 4.05. The molecule has 0 aromatic heterocycles. The molecule has 1 aromatic rings. The quantitative estimate of drug-likeness (QED) is 0.582. The Morgan fingerprint density at radius 1 is 1.19 bits per heavy atom. The van der Waals surface area contributed by atoms with Crippen LogP contribution in [0.4, 0.5) is 0 Å². The topological polar surface area (TPSA) is 118 Å². The van der Waals surface area contributed by atoms with Crippen LogP contribution in [0.25, 0.3) is 0 Å². The Labute approximate surface area is 182 Å². The van der Waals surface area contributed by atoms with E-state index in [0.717, 1.165) is 18.5 Å². The van der Waals surface area contributed by atoms with Crippen molar-refractivity contribution in [1.29, 1.82) is 0 Å². The van der Waals surface area contributed by atoms with Crippen LogP contribution >= 0.6 is 0 Å². The Kier molecular flexibility index (Phi) is 5.77. The number of phenolic OH excluding ortho intramolecular Hbond substituents is 1. The number of allylic oxidation sites excluding steroid dienone is 1. The van der Waals surface area contributed by atoms with Gasteiger partial charge >= 0.3 is 0 Å². The van der Waals surface area contributed by atoms with Crippen LogP contribution in [0.5, 0.6) is 5.75 Å². The molecule has 31 heavy (non-hydrogen) atoms. The van der Waals surface area contributed by atoms with Crippen LogP contribution in [0.2, 0.25) is 0 Å². The predicted octanol–water partition coefficient (Wildman–Crippen LogP) is 0.0350. The number of sulfonamides is 1. The number of piperazine rings is 1. The SMILES string of the molecule is CCCC1=C2N=C(c3cc(S(=O)(=O)N4CCN(C)CC4)ccc3O)NC(=O)C2N(C)N1. The molecule has 0 spiro atoms. The molecule has 11 heteroatoms. The number of aliphatic imine (C=N–C) groups is 1. The van der Waals surface area contributed by atoms with Gasteiger partial charge in [0.2, 0.25) is 10.0 Å². The summed E-state index contributed by atoms with van der Waals surface area (Å²) in [5.74, 6) is -0.283. The molecule has 1 atom stereocenters. The number of rotatable bonds is 5. The number of benzene rings is 1. The number of amidine groups is 1. The number of hydrogen-bond donors (Lipinski definition) is 3. The van der Waals surface area contributed by atoms with Crippen molar-refractivity contribution in [1.82, 2.24) is 25.0 Å². The van der Waals surface area contributed by atoms with E-state index in [2.05, 4.69) is 20.6 Å². The van der Waals surface area contributed by atoms with E-state index in [-0.39, 0.29) is 28.0 Å². The highest BCUT2D eigenvalue weighted by Crippen LogP contribution is 2.30. The summed E-state index contributed by atoms with van der Waals surface area (Å²) in [4.78, 5) is 19.5. The second-order valence-electron chi connectivity index (χ2n) is 8.08. The molecule has 10 nitrogen and oxygen atoms in total. The number of amides is 1. The Balaban J connectivity index is 1.72. The van der Waals surface area contributed by atoms with Crippen molar-refractivity contribution in [3.05, 3.63) is 35.2 Å². The molecule has 3 aliphatic rings. The van der Waals surface area contributed by atoms with Gasteiger partial charge in [-0.25, -0.2) is 18.4 Å². The van der Waals surface area contributed by atoms with Crippen LogP contribution in [-0.4, -0.2) is 85.8 Å². The molecule has 1 unspecified atom stereocenters. The van der Waals surface area contributed by atoms with Gasteiger partial charge in [0.1, 0.15) is 11.6 Å². The summed E-state index contributed by atoms with van der Waals surface area (Å²) in [6.07, 6.45) is 1.60. The normalized spacial score (nSPS) is 23.4. The lowest BCUT2D eigenvalue weighted by Crippen LogP contribution is -2.50. The summed E-state index contributed by atoms with van der Waals surface area (Å²) < 4.78 is 27.7. The third-order valence-corrected chi connectivity index (χ3v) is 7.71. The molecule has 0 bridgehead atoms. The van der Waals surface area contributed by atoms with Crippen molar-refractivity contribution in [2.45, 2.75) is 30.7 Å². The number of carbonyl (C=O) groups is 1. The molecule has 3 N–H and O–H groups in total. The molecule has 1 amide bonds. The number of phenols is 1. The van der Waals surface area contributed by atoms with E-state index in [1.54, 1.807) is 12.1 Å². The van der Waals surface area contributed by atoms with E-state index >= 15 is 0 Å².